The molecular formula is C29H41N3O6S. The minimum Gasteiger partial charge on any atom is -0.497 e. The van der Waals surface area contributed by atoms with Gasteiger partial charge in [0, 0.05) is 25.6 Å². The quantitative estimate of drug-likeness (QED) is 0.373. The molecule has 0 bridgehead atoms. The Bertz CT molecular complexity index is 1210. The number of amides is 2. The lowest BCUT2D eigenvalue weighted by Crippen LogP contribution is -2.51. The highest BCUT2D eigenvalue weighted by Gasteiger charge is 2.31. The van der Waals surface area contributed by atoms with Gasteiger partial charge in [-0.2, -0.15) is 0 Å². The number of carbonyl (C=O) groups excluding carboxylic acids is 2. The van der Waals surface area contributed by atoms with Crippen LogP contribution in [0.5, 0.6) is 11.5 Å². The number of carbonyl (C=O) groups is 2. The first-order chi connectivity index (χ1) is 18.7. The van der Waals surface area contributed by atoms with E-state index in [-0.39, 0.29) is 43.8 Å². The first-order valence-corrected chi connectivity index (χ1v) is 15.4. The largest absolute Gasteiger partial charge is 0.497 e. The number of benzene rings is 2. The average molecular weight is 560 g/mol. The number of nitrogens with one attached hydrogen (secondary N) is 1. The lowest BCUT2D eigenvalue weighted by molar-refractivity contribution is -0.141. The summed E-state index contributed by atoms with van der Waals surface area (Å²) >= 11 is 0. The van der Waals surface area contributed by atoms with Crippen LogP contribution in [-0.4, -0.2) is 64.2 Å². The Morgan fingerprint density at radius 2 is 1.77 bits per heavy atom. The molecule has 1 aliphatic rings. The Hall–Kier alpha value is -3.27. The molecule has 39 heavy (non-hydrogen) atoms. The molecule has 0 heterocycles. The maximum Gasteiger partial charge on any atom is 0.243 e. The summed E-state index contributed by atoms with van der Waals surface area (Å²) in [5.74, 6) is 0.750. The molecule has 0 aromatic heterocycles. The predicted octanol–water partition coefficient (Wildman–Crippen LogP) is 4.12. The average Bonchev–Trinajstić information content (AvgIpc) is 3.43. The van der Waals surface area contributed by atoms with Gasteiger partial charge in [0.25, 0.3) is 0 Å². The molecule has 0 saturated heterocycles. The number of para-hydroxylation sites is 2. The van der Waals surface area contributed by atoms with Crippen LogP contribution in [0.25, 0.3) is 0 Å². The van der Waals surface area contributed by atoms with Gasteiger partial charge in [-0.05, 0) is 55.5 Å². The van der Waals surface area contributed by atoms with Crippen LogP contribution in [0.1, 0.15) is 57.4 Å². The third-order valence-corrected chi connectivity index (χ3v) is 8.26. The molecule has 2 amide bonds. The maximum absolute atomic E-state index is 13.7. The smallest absolute Gasteiger partial charge is 0.243 e. The van der Waals surface area contributed by atoms with Crippen molar-refractivity contribution in [3.63, 3.8) is 0 Å². The minimum atomic E-state index is -3.62. The SMILES string of the molecule is CC[C@@H](C(=O)NC1CCCC1)N(Cc1cccc(OC)c1)C(=O)CCCN(c1ccccc1OC)S(C)(=O)=O. The van der Waals surface area contributed by atoms with E-state index in [9.17, 15) is 18.0 Å². The Morgan fingerprint density at radius 3 is 2.41 bits per heavy atom. The highest BCUT2D eigenvalue weighted by atomic mass is 32.2. The van der Waals surface area contributed by atoms with Crippen molar-refractivity contribution >= 4 is 27.5 Å². The zero-order chi connectivity index (χ0) is 28.4. The monoisotopic (exact) mass is 559 g/mol. The molecule has 2 aromatic rings. The second-order valence-electron chi connectivity index (χ2n) is 9.90. The van der Waals surface area contributed by atoms with Crippen LogP contribution in [0, 0.1) is 0 Å². The van der Waals surface area contributed by atoms with Gasteiger partial charge in [-0.15, -0.1) is 0 Å². The minimum absolute atomic E-state index is 0.0817. The Morgan fingerprint density at radius 1 is 1.05 bits per heavy atom. The first kappa shape index (κ1) is 30.3. The van der Waals surface area contributed by atoms with E-state index in [1.807, 2.05) is 31.2 Å². The summed E-state index contributed by atoms with van der Waals surface area (Å²) in [6, 6.07) is 13.8. The normalized spacial score (nSPS) is 14.5. The van der Waals surface area contributed by atoms with Crippen LogP contribution in [0.3, 0.4) is 0 Å². The molecule has 3 rings (SSSR count). The van der Waals surface area contributed by atoms with Crippen LogP contribution >= 0.6 is 0 Å². The number of hydrogen-bond acceptors (Lipinski definition) is 6. The molecule has 2 aromatic carbocycles. The third kappa shape index (κ3) is 8.36. The van der Waals surface area contributed by atoms with Gasteiger partial charge in [0.1, 0.15) is 17.5 Å². The summed E-state index contributed by atoms with van der Waals surface area (Å²) in [5.41, 5.74) is 1.27. The summed E-state index contributed by atoms with van der Waals surface area (Å²) in [6.45, 7) is 2.25. The zero-order valence-corrected chi connectivity index (χ0v) is 24.2. The second-order valence-corrected chi connectivity index (χ2v) is 11.8. The van der Waals surface area contributed by atoms with Gasteiger partial charge in [0.15, 0.2) is 0 Å². The fourth-order valence-electron chi connectivity index (χ4n) is 5.07. The number of hydrogen-bond donors (Lipinski definition) is 1. The molecule has 0 radical (unpaired) electrons. The number of nitrogens with zero attached hydrogens (tertiary/aromatic N) is 2. The molecule has 1 N–H and O–H groups in total. The standard InChI is InChI=1S/C29H41N3O6S/c1-5-25(29(34)30-23-13-6-7-14-23)31(21-22-12-10-15-24(20-22)37-2)28(33)18-11-19-32(39(4,35)36)26-16-8-9-17-27(26)38-3/h8-10,12,15-17,20,23,25H,5-7,11,13-14,18-19,21H2,1-4H3,(H,30,34)/t25-/m0/s1. The highest BCUT2D eigenvalue weighted by Crippen LogP contribution is 2.30. The van der Waals surface area contributed by atoms with Gasteiger partial charge in [-0.1, -0.05) is 44.0 Å². The van der Waals surface area contributed by atoms with Crippen molar-refractivity contribution in [2.24, 2.45) is 0 Å². The van der Waals surface area contributed by atoms with Crippen molar-refractivity contribution in [2.45, 2.75) is 70.5 Å². The predicted molar refractivity (Wildman–Crippen MR) is 152 cm³/mol. The lowest BCUT2D eigenvalue weighted by atomic mass is 10.1. The Balaban J connectivity index is 1.79. The molecule has 9 nitrogen and oxygen atoms in total. The molecule has 0 spiro atoms. The molecule has 0 aliphatic heterocycles. The first-order valence-electron chi connectivity index (χ1n) is 13.5. The molecule has 10 heteroatoms. The van der Waals surface area contributed by atoms with E-state index in [0.717, 1.165) is 37.5 Å². The second kappa shape index (κ2) is 14.2. The zero-order valence-electron chi connectivity index (χ0n) is 23.4. The van der Waals surface area contributed by atoms with Crippen LogP contribution in [0.15, 0.2) is 48.5 Å². The summed E-state index contributed by atoms with van der Waals surface area (Å²) in [5, 5.41) is 3.14. The van der Waals surface area contributed by atoms with Crippen LogP contribution < -0.4 is 19.1 Å². The van der Waals surface area contributed by atoms with Crippen LogP contribution in [0.4, 0.5) is 5.69 Å². The summed E-state index contributed by atoms with van der Waals surface area (Å²) < 4.78 is 37.2. The number of anilines is 1. The number of methoxy groups -OCH3 is 2. The lowest BCUT2D eigenvalue weighted by Gasteiger charge is -2.32. The summed E-state index contributed by atoms with van der Waals surface area (Å²) in [6.07, 6.45) is 6.06. The van der Waals surface area contributed by atoms with E-state index in [1.165, 1.54) is 11.4 Å². The molecule has 1 fully saturated rings. The van der Waals surface area contributed by atoms with E-state index < -0.39 is 16.1 Å². The van der Waals surface area contributed by atoms with Crippen LogP contribution in [-0.2, 0) is 26.2 Å². The summed E-state index contributed by atoms with van der Waals surface area (Å²) in [7, 11) is -0.551. The molecule has 1 saturated carbocycles. The van der Waals surface area contributed by atoms with E-state index in [4.69, 9.17) is 9.47 Å². The molecule has 1 aliphatic carbocycles. The van der Waals surface area contributed by atoms with E-state index >= 15 is 0 Å². The van der Waals surface area contributed by atoms with Gasteiger partial charge in [-0.25, -0.2) is 8.42 Å². The van der Waals surface area contributed by atoms with Gasteiger partial charge in [0.2, 0.25) is 21.8 Å². The summed E-state index contributed by atoms with van der Waals surface area (Å²) in [4.78, 5) is 28.6. The van der Waals surface area contributed by atoms with Crippen molar-refractivity contribution in [3.8, 4) is 11.5 Å². The van der Waals surface area contributed by atoms with E-state index in [2.05, 4.69) is 5.32 Å². The van der Waals surface area contributed by atoms with Crippen molar-refractivity contribution in [3.05, 3.63) is 54.1 Å². The highest BCUT2D eigenvalue weighted by molar-refractivity contribution is 7.92. The van der Waals surface area contributed by atoms with Crippen molar-refractivity contribution in [1.29, 1.82) is 0 Å². The Kier molecular flexibility index (Phi) is 11.0. The molecule has 214 valence electrons. The number of rotatable bonds is 14. The van der Waals surface area contributed by atoms with Gasteiger partial charge < -0.3 is 19.7 Å². The van der Waals surface area contributed by atoms with Crippen LogP contribution in [0.2, 0.25) is 0 Å². The van der Waals surface area contributed by atoms with E-state index in [0.29, 0.717) is 23.6 Å². The number of ether oxygens (including phenoxy) is 2. The van der Waals surface area contributed by atoms with Crippen molar-refractivity contribution in [1.82, 2.24) is 10.2 Å². The molecule has 1 atom stereocenters. The van der Waals surface area contributed by atoms with Gasteiger partial charge in [0.05, 0.1) is 26.2 Å². The topological polar surface area (TPSA) is 105 Å². The third-order valence-electron chi connectivity index (χ3n) is 7.08. The molecule has 0 unspecified atom stereocenters. The van der Waals surface area contributed by atoms with E-state index in [1.54, 1.807) is 36.3 Å². The van der Waals surface area contributed by atoms with Crippen molar-refractivity contribution < 1.29 is 27.5 Å². The fourth-order valence-corrected chi connectivity index (χ4v) is 6.04. The Labute approximate surface area is 232 Å². The molecular weight excluding hydrogens is 518 g/mol. The number of sulfonamides is 1. The van der Waals surface area contributed by atoms with Gasteiger partial charge in [-0.3, -0.25) is 13.9 Å². The van der Waals surface area contributed by atoms with Crippen molar-refractivity contribution in [2.75, 3.05) is 31.3 Å². The van der Waals surface area contributed by atoms with Gasteiger partial charge >= 0.3 is 0 Å². The fraction of sp³-hybridized carbons (Fsp3) is 0.517. The maximum atomic E-state index is 13.7.